The van der Waals surface area contributed by atoms with Crippen LogP contribution in [0.5, 0.6) is 0 Å². The number of benzene rings is 1. The summed E-state index contributed by atoms with van der Waals surface area (Å²) >= 11 is 7.47. The Morgan fingerprint density at radius 3 is 2.67 bits per heavy atom. The summed E-state index contributed by atoms with van der Waals surface area (Å²) in [6, 6.07) is 6.07. The van der Waals surface area contributed by atoms with E-state index in [4.69, 9.17) is 11.6 Å². The van der Waals surface area contributed by atoms with Crippen LogP contribution >= 0.6 is 22.9 Å². The van der Waals surface area contributed by atoms with E-state index in [1.165, 1.54) is 22.6 Å². The Labute approximate surface area is 148 Å². The lowest BCUT2D eigenvalue weighted by Gasteiger charge is -2.10. The molecule has 0 atom stereocenters. The Bertz CT molecular complexity index is 1040. The van der Waals surface area contributed by atoms with Crippen molar-refractivity contribution in [3.8, 4) is 0 Å². The summed E-state index contributed by atoms with van der Waals surface area (Å²) in [6.45, 7) is 1.77. The van der Waals surface area contributed by atoms with Crippen LogP contribution in [-0.4, -0.2) is 18.4 Å². The molecule has 2 aromatic heterocycles. The van der Waals surface area contributed by atoms with Crippen LogP contribution in [0, 0.1) is 6.92 Å². The van der Waals surface area contributed by atoms with Gasteiger partial charge in [-0.3, -0.25) is 4.72 Å². The highest BCUT2D eigenvalue weighted by molar-refractivity contribution is 7.92. The van der Waals surface area contributed by atoms with Crippen molar-refractivity contribution in [3.05, 3.63) is 45.6 Å². The molecule has 1 aromatic carbocycles. The van der Waals surface area contributed by atoms with Crippen molar-refractivity contribution in [3.63, 3.8) is 0 Å². The van der Waals surface area contributed by atoms with Gasteiger partial charge >= 0.3 is 0 Å². The predicted octanol–water partition coefficient (Wildman–Crippen LogP) is 3.94. The van der Waals surface area contributed by atoms with Crippen LogP contribution in [0.4, 0.5) is 5.82 Å². The van der Waals surface area contributed by atoms with E-state index in [2.05, 4.69) is 14.7 Å². The van der Waals surface area contributed by atoms with Crippen molar-refractivity contribution < 1.29 is 8.42 Å². The molecule has 0 spiro atoms. The summed E-state index contributed by atoms with van der Waals surface area (Å²) in [5, 5.41) is 1.33. The number of halogens is 1. The molecule has 0 fully saturated rings. The second kappa shape index (κ2) is 5.68. The first-order chi connectivity index (χ1) is 11.4. The van der Waals surface area contributed by atoms with Crippen LogP contribution < -0.4 is 4.72 Å². The molecule has 8 heteroatoms. The van der Waals surface area contributed by atoms with Crippen molar-refractivity contribution in [1.82, 2.24) is 9.97 Å². The SMILES string of the molecule is Cc1nc(NS(=O)(=O)c2ccc(Cl)cc2)c2c3c(sc2n1)CCC3. The lowest BCUT2D eigenvalue weighted by atomic mass is 10.2. The smallest absolute Gasteiger partial charge is 0.263 e. The van der Waals surface area contributed by atoms with Gasteiger partial charge in [0, 0.05) is 9.90 Å². The first-order valence-corrected chi connectivity index (χ1v) is 10.2. The first kappa shape index (κ1) is 15.8. The Morgan fingerprint density at radius 2 is 1.92 bits per heavy atom. The second-order valence-electron chi connectivity index (χ2n) is 5.72. The number of thiophene rings is 1. The van der Waals surface area contributed by atoms with Gasteiger partial charge in [-0.1, -0.05) is 11.6 Å². The van der Waals surface area contributed by atoms with Gasteiger partial charge in [-0.2, -0.15) is 0 Å². The minimum atomic E-state index is -3.73. The van der Waals surface area contributed by atoms with Crippen molar-refractivity contribution >= 4 is 49.0 Å². The number of nitrogens with zero attached hydrogens (tertiary/aromatic N) is 2. The first-order valence-electron chi connectivity index (χ1n) is 7.51. The van der Waals surface area contributed by atoms with Gasteiger partial charge in [-0.05, 0) is 56.0 Å². The molecule has 1 N–H and O–H groups in total. The summed E-state index contributed by atoms with van der Waals surface area (Å²) in [5.74, 6) is 0.920. The third kappa shape index (κ3) is 2.66. The number of hydrogen-bond acceptors (Lipinski definition) is 5. The molecule has 124 valence electrons. The Balaban J connectivity index is 1.83. The van der Waals surface area contributed by atoms with Crippen molar-refractivity contribution in [2.45, 2.75) is 31.1 Å². The molecule has 24 heavy (non-hydrogen) atoms. The molecule has 1 aliphatic rings. The maximum Gasteiger partial charge on any atom is 0.263 e. The van der Waals surface area contributed by atoms with E-state index in [0.717, 1.165) is 29.5 Å². The summed E-state index contributed by atoms with van der Waals surface area (Å²) in [6.07, 6.45) is 3.06. The molecular formula is C16H14ClN3O2S2. The molecular weight excluding hydrogens is 366 g/mol. The van der Waals surface area contributed by atoms with Crippen LogP contribution in [0.15, 0.2) is 29.2 Å². The van der Waals surface area contributed by atoms with Gasteiger partial charge in [0.1, 0.15) is 10.7 Å². The number of sulfonamides is 1. The number of fused-ring (bicyclic) bond motifs is 3. The van der Waals surface area contributed by atoms with Gasteiger partial charge in [0.15, 0.2) is 5.82 Å². The molecule has 3 aromatic rings. The minimum absolute atomic E-state index is 0.156. The third-order valence-electron chi connectivity index (χ3n) is 4.03. The maximum absolute atomic E-state index is 12.7. The maximum atomic E-state index is 12.7. The van der Waals surface area contributed by atoms with Gasteiger partial charge < -0.3 is 0 Å². The molecule has 2 heterocycles. The van der Waals surface area contributed by atoms with Crippen LogP contribution in [0.1, 0.15) is 22.7 Å². The molecule has 0 aliphatic heterocycles. The molecule has 4 rings (SSSR count). The minimum Gasteiger partial charge on any atom is -0.263 e. The fourth-order valence-electron chi connectivity index (χ4n) is 2.98. The lowest BCUT2D eigenvalue weighted by Crippen LogP contribution is -2.15. The van der Waals surface area contributed by atoms with Crippen molar-refractivity contribution in [2.75, 3.05) is 4.72 Å². The molecule has 0 saturated carbocycles. The number of aryl methyl sites for hydroxylation is 3. The number of hydrogen-bond donors (Lipinski definition) is 1. The van der Waals surface area contributed by atoms with Crippen LogP contribution in [0.3, 0.4) is 0 Å². The summed E-state index contributed by atoms with van der Waals surface area (Å²) in [4.78, 5) is 11.1. The standard InChI is InChI=1S/C16H14ClN3O2S2/c1-9-18-15(14-12-3-2-4-13(12)23-16(14)19-9)20-24(21,22)11-7-5-10(17)6-8-11/h5-8H,2-4H2,1H3,(H,18,19,20). The van der Waals surface area contributed by atoms with E-state index in [0.29, 0.717) is 16.7 Å². The average Bonchev–Trinajstić information content (AvgIpc) is 3.07. The van der Waals surface area contributed by atoms with Crippen LogP contribution in [-0.2, 0) is 22.9 Å². The predicted molar refractivity (Wildman–Crippen MR) is 96.4 cm³/mol. The second-order valence-corrected chi connectivity index (χ2v) is 8.92. The fourth-order valence-corrected chi connectivity index (χ4v) is 5.42. The normalized spacial score (nSPS) is 14.1. The summed E-state index contributed by atoms with van der Waals surface area (Å²) in [5.41, 5.74) is 1.18. The van der Waals surface area contributed by atoms with Gasteiger partial charge in [0.05, 0.1) is 10.3 Å². The van der Waals surface area contributed by atoms with E-state index in [9.17, 15) is 8.42 Å². The molecule has 1 aliphatic carbocycles. The molecule has 5 nitrogen and oxygen atoms in total. The Kier molecular flexibility index (Phi) is 3.74. The van der Waals surface area contributed by atoms with E-state index >= 15 is 0 Å². The van der Waals surface area contributed by atoms with Crippen molar-refractivity contribution in [1.29, 1.82) is 0 Å². The van der Waals surface area contributed by atoms with E-state index in [-0.39, 0.29) is 4.90 Å². The van der Waals surface area contributed by atoms with Gasteiger partial charge in [-0.25, -0.2) is 18.4 Å². The quantitative estimate of drug-likeness (QED) is 0.748. The van der Waals surface area contributed by atoms with E-state index in [1.54, 1.807) is 30.4 Å². The number of aromatic nitrogens is 2. The summed E-state index contributed by atoms with van der Waals surface area (Å²) < 4.78 is 28.0. The van der Waals surface area contributed by atoms with Crippen molar-refractivity contribution in [2.24, 2.45) is 0 Å². The topological polar surface area (TPSA) is 72.0 Å². The zero-order valence-corrected chi connectivity index (χ0v) is 15.2. The van der Waals surface area contributed by atoms with Gasteiger partial charge in [-0.15, -0.1) is 11.3 Å². The monoisotopic (exact) mass is 379 g/mol. The highest BCUT2D eigenvalue weighted by atomic mass is 35.5. The molecule has 0 saturated heterocycles. The number of nitrogens with one attached hydrogen (secondary N) is 1. The van der Waals surface area contributed by atoms with Crippen LogP contribution in [0.25, 0.3) is 10.2 Å². The van der Waals surface area contributed by atoms with Gasteiger partial charge in [0.2, 0.25) is 0 Å². The largest absolute Gasteiger partial charge is 0.263 e. The zero-order valence-electron chi connectivity index (χ0n) is 12.8. The van der Waals surface area contributed by atoms with E-state index < -0.39 is 10.0 Å². The molecule has 0 amide bonds. The molecule has 0 radical (unpaired) electrons. The van der Waals surface area contributed by atoms with E-state index in [1.807, 2.05) is 0 Å². The number of anilines is 1. The summed E-state index contributed by atoms with van der Waals surface area (Å²) in [7, 11) is -3.73. The number of rotatable bonds is 3. The average molecular weight is 380 g/mol. The molecule has 0 unspecified atom stereocenters. The lowest BCUT2D eigenvalue weighted by molar-refractivity contribution is 0.601. The Hall–Kier alpha value is -1.70. The van der Waals surface area contributed by atoms with Gasteiger partial charge in [0.25, 0.3) is 10.0 Å². The highest BCUT2D eigenvalue weighted by Crippen LogP contribution is 2.39. The molecule has 0 bridgehead atoms. The van der Waals surface area contributed by atoms with Crippen LogP contribution in [0.2, 0.25) is 5.02 Å². The zero-order chi connectivity index (χ0) is 16.9. The highest BCUT2D eigenvalue weighted by Gasteiger charge is 2.24. The fraction of sp³-hybridized carbons (Fsp3) is 0.250. The Morgan fingerprint density at radius 1 is 1.17 bits per heavy atom. The third-order valence-corrected chi connectivity index (χ3v) is 6.82.